The molecule has 5 nitrogen and oxygen atoms in total. The zero-order chi connectivity index (χ0) is 13.3. The number of pyridine rings is 1. The Balaban J connectivity index is 2.58. The first-order chi connectivity index (χ1) is 8.49. The van der Waals surface area contributed by atoms with Gasteiger partial charge in [-0.05, 0) is 31.0 Å². The lowest BCUT2D eigenvalue weighted by molar-refractivity contribution is 0.0690. The molecule has 0 aliphatic carbocycles. The SMILES string of the molecule is Cc1cc(-n2nc(C(=O)O)cc2C(C)C)ccn1. The van der Waals surface area contributed by atoms with Crippen LogP contribution in [0.2, 0.25) is 0 Å². The molecule has 0 saturated heterocycles. The normalized spacial score (nSPS) is 10.9. The summed E-state index contributed by atoms with van der Waals surface area (Å²) in [5.41, 5.74) is 2.64. The minimum atomic E-state index is -1.01. The molecule has 0 radical (unpaired) electrons. The molecular formula is C13H15N3O2. The Hall–Kier alpha value is -2.17. The van der Waals surface area contributed by atoms with E-state index < -0.39 is 5.97 Å². The summed E-state index contributed by atoms with van der Waals surface area (Å²) in [5, 5.41) is 13.1. The molecule has 2 aromatic heterocycles. The lowest BCUT2D eigenvalue weighted by Gasteiger charge is -2.09. The van der Waals surface area contributed by atoms with Crippen molar-refractivity contribution in [1.29, 1.82) is 0 Å². The van der Waals surface area contributed by atoms with E-state index in [9.17, 15) is 4.79 Å². The summed E-state index contributed by atoms with van der Waals surface area (Å²) in [5.74, 6) is -0.819. The first kappa shape index (κ1) is 12.3. The number of aromatic nitrogens is 3. The second kappa shape index (κ2) is 4.60. The van der Waals surface area contributed by atoms with Crippen molar-refractivity contribution in [1.82, 2.24) is 14.8 Å². The Morgan fingerprint density at radius 1 is 1.39 bits per heavy atom. The van der Waals surface area contributed by atoms with Gasteiger partial charge in [-0.3, -0.25) is 4.98 Å². The van der Waals surface area contributed by atoms with Crippen LogP contribution in [0.15, 0.2) is 24.4 Å². The third kappa shape index (κ3) is 2.25. The molecule has 0 aliphatic rings. The van der Waals surface area contributed by atoms with Crippen LogP contribution in [0.5, 0.6) is 0 Å². The molecule has 0 aliphatic heterocycles. The molecule has 94 valence electrons. The van der Waals surface area contributed by atoms with E-state index >= 15 is 0 Å². The molecule has 0 aromatic carbocycles. The van der Waals surface area contributed by atoms with Crippen molar-refractivity contribution in [2.75, 3.05) is 0 Å². The van der Waals surface area contributed by atoms with Gasteiger partial charge in [0.2, 0.25) is 0 Å². The molecule has 0 spiro atoms. The molecule has 2 rings (SSSR count). The van der Waals surface area contributed by atoms with E-state index in [0.717, 1.165) is 17.1 Å². The zero-order valence-electron chi connectivity index (χ0n) is 10.6. The predicted octanol–water partition coefficient (Wildman–Crippen LogP) is 2.40. The first-order valence-corrected chi connectivity index (χ1v) is 5.75. The number of aromatic carboxylic acids is 1. The van der Waals surface area contributed by atoms with Crippen LogP contribution < -0.4 is 0 Å². The summed E-state index contributed by atoms with van der Waals surface area (Å²) in [6.07, 6.45) is 1.69. The highest BCUT2D eigenvalue weighted by Gasteiger charge is 2.16. The van der Waals surface area contributed by atoms with Gasteiger partial charge in [0, 0.05) is 17.6 Å². The fraction of sp³-hybridized carbons (Fsp3) is 0.308. The highest BCUT2D eigenvalue weighted by Crippen LogP contribution is 2.20. The van der Waals surface area contributed by atoms with Gasteiger partial charge >= 0.3 is 5.97 Å². The molecule has 18 heavy (non-hydrogen) atoms. The number of hydrogen-bond donors (Lipinski definition) is 1. The Bertz CT molecular complexity index is 588. The van der Waals surface area contributed by atoms with E-state index in [-0.39, 0.29) is 11.6 Å². The van der Waals surface area contributed by atoms with Gasteiger partial charge in [0.05, 0.1) is 5.69 Å². The minimum absolute atomic E-state index is 0.0631. The van der Waals surface area contributed by atoms with Crippen LogP contribution in [0.3, 0.4) is 0 Å². The third-order valence-electron chi connectivity index (χ3n) is 2.67. The van der Waals surface area contributed by atoms with Gasteiger partial charge in [0.15, 0.2) is 5.69 Å². The summed E-state index contributed by atoms with van der Waals surface area (Å²) < 4.78 is 1.67. The topological polar surface area (TPSA) is 68.0 Å². The van der Waals surface area contributed by atoms with E-state index in [1.54, 1.807) is 16.9 Å². The van der Waals surface area contributed by atoms with Gasteiger partial charge in [0.25, 0.3) is 0 Å². The van der Waals surface area contributed by atoms with Gasteiger partial charge in [0.1, 0.15) is 0 Å². The number of hydrogen-bond acceptors (Lipinski definition) is 3. The van der Waals surface area contributed by atoms with Gasteiger partial charge in [-0.2, -0.15) is 5.10 Å². The van der Waals surface area contributed by atoms with Gasteiger partial charge in [-0.15, -0.1) is 0 Å². The molecule has 0 unspecified atom stereocenters. The first-order valence-electron chi connectivity index (χ1n) is 5.75. The molecule has 0 amide bonds. The Kier molecular flexibility index (Phi) is 3.14. The number of rotatable bonds is 3. The van der Waals surface area contributed by atoms with Crippen molar-refractivity contribution >= 4 is 5.97 Å². The molecule has 0 saturated carbocycles. The van der Waals surface area contributed by atoms with Crippen LogP contribution in [0, 0.1) is 6.92 Å². The fourth-order valence-corrected chi connectivity index (χ4v) is 1.78. The van der Waals surface area contributed by atoms with Crippen molar-refractivity contribution in [2.45, 2.75) is 26.7 Å². The number of carbonyl (C=O) groups is 1. The van der Waals surface area contributed by atoms with Crippen molar-refractivity contribution in [2.24, 2.45) is 0 Å². The van der Waals surface area contributed by atoms with Gasteiger partial charge in [-0.1, -0.05) is 13.8 Å². The maximum absolute atomic E-state index is 11.0. The fourth-order valence-electron chi connectivity index (χ4n) is 1.78. The van der Waals surface area contributed by atoms with Crippen LogP contribution in [-0.2, 0) is 0 Å². The number of aryl methyl sites for hydroxylation is 1. The quantitative estimate of drug-likeness (QED) is 0.901. The summed E-state index contributed by atoms with van der Waals surface area (Å²) in [6, 6.07) is 5.31. The largest absolute Gasteiger partial charge is 0.476 e. The van der Waals surface area contributed by atoms with Crippen LogP contribution in [0.4, 0.5) is 0 Å². The van der Waals surface area contributed by atoms with Gasteiger partial charge in [-0.25, -0.2) is 9.48 Å². The zero-order valence-corrected chi connectivity index (χ0v) is 10.6. The van der Waals surface area contributed by atoms with Crippen LogP contribution in [0.1, 0.15) is 41.6 Å². The van der Waals surface area contributed by atoms with Gasteiger partial charge < -0.3 is 5.11 Å². The Labute approximate surface area is 105 Å². The average Bonchev–Trinajstić information content (AvgIpc) is 2.73. The molecule has 0 atom stereocenters. The minimum Gasteiger partial charge on any atom is -0.476 e. The number of carboxylic acid groups (broad SMARTS) is 1. The summed E-state index contributed by atoms with van der Waals surface area (Å²) >= 11 is 0. The molecule has 2 heterocycles. The monoisotopic (exact) mass is 245 g/mol. The lowest BCUT2D eigenvalue weighted by Crippen LogP contribution is -2.05. The van der Waals surface area contributed by atoms with E-state index in [1.807, 2.05) is 32.9 Å². The Morgan fingerprint density at radius 3 is 2.67 bits per heavy atom. The predicted molar refractivity (Wildman–Crippen MR) is 67.1 cm³/mol. The van der Waals surface area contributed by atoms with Crippen LogP contribution in [-0.4, -0.2) is 25.8 Å². The maximum Gasteiger partial charge on any atom is 0.356 e. The molecule has 1 N–H and O–H groups in total. The highest BCUT2D eigenvalue weighted by molar-refractivity contribution is 5.85. The van der Waals surface area contributed by atoms with E-state index in [0.29, 0.717) is 0 Å². The summed E-state index contributed by atoms with van der Waals surface area (Å²) in [7, 11) is 0. The third-order valence-corrected chi connectivity index (χ3v) is 2.67. The van der Waals surface area contributed by atoms with Crippen LogP contribution in [0.25, 0.3) is 5.69 Å². The second-order valence-electron chi connectivity index (χ2n) is 4.48. The molecule has 2 aromatic rings. The number of nitrogens with zero attached hydrogens (tertiary/aromatic N) is 3. The standard InChI is InChI=1S/C13H15N3O2/c1-8(2)12-7-11(13(17)18)15-16(12)10-4-5-14-9(3)6-10/h4-8H,1-3H3,(H,17,18). The van der Waals surface area contributed by atoms with Crippen molar-refractivity contribution in [3.8, 4) is 5.69 Å². The molecule has 0 fully saturated rings. The smallest absolute Gasteiger partial charge is 0.356 e. The molecule has 0 bridgehead atoms. The highest BCUT2D eigenvalue weighted by atomic mass is 16.4. The summed E-state index contributed by atoms with van der Waals surface area (Å²) in [6.45, 7) is 5.90. The average molecular weight is 245 g/mol. The molecular weight excluding hydrogens is 230 g/mol. The van der Waals surface area contributed by atoms with Crippen LogP contribution >= 0.6 is 0 Å². The maximum atomic E-state index is 11.0. The van der Waals surface area contributed by atoms with Crippen molar-refractivity contribution < 1.29 is 9.90 Å². The van der Waals surface area contributed by atoms with E-state index in [2.05, 4.69) is 10.1 Å². The second-order valence-corrected chi connectivity index (χ2v) is 4.48. The van der Waals surface area contributed by atoms with E-state index in [1.165, 1.54) is 0 Å². The Morgan fingerprint density at radius 2 is 2.11 bits per heavy atom. The number of carboxylic acids is 1. The lowest BCUT2D eigenvalue weighted by atomic mass is 10.1. The van der Waals surface area contributed by atoms with E-state index in [4.69, 9.17) is 5.11 Å². The van der Waals surface area contributed by atoms with Crippen molar-refractivity contribution in [3.63, 3.8) is 0 Å². The summed E-state index contributed by atoms with van der Waals surface area (Å²) in [4.78, 5) is 15.1. The van der Waals surface area contributed by atoms with Crippen molar-refractivity contribution in [3.05, 3.63) is 41.5 Å². The molecule has 5 heteroatoms.